The lowest BCUT2D eigenvalue weighted by Crippen LogP contribution is -2.14. The Labute approximate surface area is 79.3 Å². The van der Waals surface area contributed by atoms with Gasteiger partial charge in [0.05, 0.1) is 12.7 Å². The van der Waals surface area contributed by atoms with Gasteiger partial charge in [0, 0.05) is 5.92 Å². The van der Waals surface area contributed by atoms with Crippen molar-refractivity contribution in [3.63, 3.8) is 0 Å². The van der Waals surface area contributed by atoms with Crippen LogP contribution in [0.5, 0.6) is 0 Å². The number of rotatable bonds is 2. The molecule has 0 bridgehead atoms. The average molecular weight is 182 g/mol. The minimum absolute atomic E-state index is 0.200. The van der Waals surface area contributed by atoms with Gasteiger partial charge in [0.2, 0.25) is 5.89 Å². The molecule has 0 saturated carbocycles. The first-order valence-corrected chi connectivity index (χ1v) is 4.60. The molecule has 2 N–H and O–H groups in total. The second kappa shape index (κ2) is 3.50. The van der Waals surface area contributed by atoms with Crippen LogP contribution in [-0.2, 0) is 6.54 Å². The van der Waals surface area contributed by atoms with Crippen LogP contribution >= 0.6 is 0 Å². The molecule has 74 valence electrons. The van der Waals surface area contributed by atoms with Gasteiger partial charge >= 0.3 is 0 Å². The first-order chi connectivity index (χ1) is 5.95. The van der Waals surface area contributed by atoms with E-state index in [-0.39, 0.29) is 5.41 Å². The van der Waals surface area contributed by atoms with E-state index >= 15 is 0 Å². The van der Waals surface area contributed by atoms with Crippen LogP contribution in [0.2, 0.25) is 0 Å². The van der Waals surface area contributed by atoms with Crippen molar-refractivity contribution in [1.82, 2.24) is 4.98 Å². The Morgan fingerprint density at radius 3 is 2.54 bits per heavy atom. The summed E-state index contributed by atoms with van der Waals surface area (Å²) in [5.74, 6) is 1.90. The number of nitrogens with zero attached hydrogens (tertiary/aromatic N) is 1. The van der Waals surface area contributed by atoms with E-state index in [0.29, 0.717) is 18.4 Å². The molecule has 0 spiro atoms. The lowest BCUT2D eigenvalue weighted by molar-refractivity contribution is 0.290. The highest BCUT2D eigenvalue weighted by Gasteiger charge is 2.24. The molecule has 0 amide bonds. The molecule has 13 heavy (non-hydrogen) atoms. The Hall–Kier alpha value is -0.830. The second-order valence-corrected chi connectivity index (χ2v) is 4.45. The fourth-order valence-corrected chi connectivity index (χ4v) is 1.05. The molecule has 0 aliphatic heterocycles. The highest BCUT2D eigenvalue weighted by molar-refractivity contribution is 5.04. The molecule has 0 aliphatic rings. The van der Waals surface area contributed by atoms with Crippen molar-refractivity contribution in [3.05, 3.63) is 17.8 Å². The van der Waals surface area contributed by atoms with Crippen molar-refractivity contribution >= 4 is 0 Å². The number of hydrogen-bond acceptors (Lipinski definition) is 3. The van der Waals surface area contributed by atoms with Crippen LogP contribution in [0.25, 0.3) is 0 Å². The van der Waals surface area contributed by atoms with E-state index in [9.17, 15) is 0 Å². The average Bonchev–Trinajstić information content (AvgIpc) is 2.48. The Morgan fingerprint density at radius 1 is 1.54 bits per heavy atom. The topological polar surface area (TPSA) is 52.0 Å². The molecule has 0 aromatic carbocycles. The van der Waals surface area contributed by atoms with Crippen molar-refractivity contribution in [2.45, 2.75) is 40.2 Å². The Morgan fingerprint density at radius 2 is 2.15 bits per heavy atom. The molecule has 1 atom stereocenters. The fourth-order valence-electron chi connectivity index (χ4n) is 1.05. The van der Waals surface area contributed by atoms with Gasteiger partial charge < -0.3 is 10.2 Å². The van der Waals surface area contributed by atoms with Gasteiger partial charge in [-0.25, -0.2) is 4.98 Å². The van der Waals surface area contributed by atoms with Crippen LogP contribution in [-0.4, -0.2) is 4.98 Å². The summed E-state index contributed by atoms with van der Waals surface area (Å²) in [4.78, 5) is 4.08. The van der Waals surface area contributed by atoms with Crippen LogP contribution < -0.4 is 5.73 Å². The summed E-state index contributed by atoms with van der Waals surface area (Å²) in [6.45, 7) is 9.06. The molecule has 0 saturated heterocycles. The number of aromatic nitrogens is 1. The quantitative estimate of drug-likeness (QED) is 0.763. The molecule has 0 aliphatic carbocycles. The number of nitrogens with two attached hydrogens (primary N) is 1. The lowest BCUT2D eigenvalue weighted by atomic mass is 9.81. The zero-order chi connectivity index (χ0) is 10.1. The van der Waals surface area contributed by atoms with Gasteiger partial charge in [-0.1, -0.05) is 27.7 Å². The van der Waals surface area contributed by atoms with Gasteiger partial charge in [0.15, 0.2) is 0 Å². The van der Waals surface area contributed by atoms with Gasteiger partial charge in [-0.2, -0.15) is 0 Å². The Bertz CT molecular complexity index is 273. The maximum Gasteiger partial charge on any atom is 0.208 e. The Balaban J connectivity index is 2.83. The smallest absolute Gasteiger partial charge is 0.208 e. The fraction of sp³-hybridized carbons (Fsp3) is 0.700. The van der Waals surface area contributed by atoms with Gasteiger partial charge in [0.1, 0.15) is 5.76 Å². The van der Waals surface area contributed by atoms with Crippen LogP contribution in [0, 0.1) is 5.41 Å². The van der Waals surface area contributed by atoms with Crippen LogP contribution in [0.3, 0.4) is 0 Å². The maximum absolute atomic E-state index is 5.48. The van der Waals surface area contributed by atoms with Crippen LogP contribution in [0.4, 0.5) is 0 Å². The van der Waals surface area contributed by atoms with Gasteiger partial charge in [0.25, 0.3) is 0 Å². The number of oxazole rings is 1. The van der Waals surface area contributed by atoms with E-state index in [0.717, 1.165) is 5.76 Å². The van der Waals surface area contributed by atoms with Crippen molar-refractivity contribution in [2.75, 3.05) is 0 Å². The maximum atomic E-state index is 5.48. The normalized spacial score (nSPS) is 14.5. The van der Waals surface area contributed by atoms with E-state index < -0.39 is 0 Å². The molecule has 1 aromatic heterocycles. The molecule has 1 aromatic rings. The van der Waals surface area contributed by atoms with Gasteiger partial charge in [-0.15, -0.1) is 0 Å². The summed E-state index contributed by atoms with van der Waals surface area (Å²) in [5, 5.41) is 0. The zero-order valence-electron chi connectivity index (χ0n) is 8.79. The van der Waals surface area contributed by atoms with Gasteiger partial charge in [-0.3, -0.25) is 0 Å². The monoisotopic (exact) mass is 182 g/mol. The van der Waals surface area contributed by atoms with Crippen molar-refractivity contribution in [2.24, 2.45) is 11.1 Å². The van der Waals surface area contributed by atoms with Crippen LogP contribution in [0.1, 0.15) is 45.3 Å². The first kappa shape index (κ1) is 10.3. The van der Waals surface area contributed by atoms with Crippen LogP contribution in [0.15, 0.2) is 10.6 Å². The minimum Gasteiger partial charge on any atom is -0.444 e. The Kier molecular flexibility index (Phi) is 2.76. The van der Waals surface area contributed by atoms with E-state index in [1.165, 1.54) is 0 Å². The summed E-state index contributed by atoms with van der Waals surface area (Å²) in [6, 6.07) is 0. The summed E-state index contributed by atoms with van der Waals surface area (Å²) in [7, 11) is 0. The largest absolute Gasteiger partial charge is 0.444 e. The molecular formula is C10H18N2O. The first-order valence-electron chi connectivity index (χ1n) is 4.60. The molecule has 3 nitrogen and oxygen atoms in total. The molecule has 1 unspecified atom stereocenters. The highest BCUT2D eigenvalue weighted by atomic mass is 16.4. The van der Waals surface area contributed by atoms with Gasteiger partial charge in [-0.05, 0) is 5.41 Å². The predicted molar refractivity (Wildman–Crippen MR) is 52.3 cm³/mol. The highest BCUT2D eigenvalue weighted by Crippen LogP contribution is 2.34. The third-order valence-corrected chi connectivity index (χ3v) is 2.47. The summed E-state index contributed by atoms with van der Waals surface area (Å²) in [5.41, 5.74) is 5.62. The third kappa shape index (κ3) is 2.31. The second-order valence-electron chi connectivity index (χ2n) is 4.45. The molecule has 0 radical (unpaired) electrons. The summed E-state index contributed by atoms with van der Waals surface area (Å²) >= 11 is 0. The SMILES string of the molecule is CC(c1cnc(CN)o1)C(C)(C)C. The van der Waals surface area contributed by atoms with E-state index in [1.807, 2.05) is 0 Å². The molecule has 1 rings (SSSR count). The van der Waals surface area contributed by atoms with Crippen molar-refractivity contribution < 1.29 is 4.42 Å². The predicted octanol–water partition coefficient (Wildman–Crippen LogP) is 2.28. The summed E-state index contributed by atoms with van der Waals surface area (Å²) < 4.78 is 5.48. The summed E-state index contributed by atoms with van der Waals surface area (Å²) in [6.07, 6.45) is 1.78. The lowest BCUT2D eigenvalue weighted by Gasteiger charge is -2.24. The van der Waals surface area contributed by atoms with E-state index in [4.69, 9.17) is 10.2 Å². The van der Waals surface area contributed by atoms with E-state index in [1.54, 1.807) is 6.20 Å². The standard InChI is InChI=1S/C10H18N2O/c1-7(10(2,3)4)8-6-12-9(5-11)13-8/h6-7H,5,11H2,1-4H3. The minimum atomic E-state index is 0.200. The van der Waals surface area contributed by atoms with E-state index in [2.05, 4.69) is 32.7 Å². The number of hydrogen-bond donors (Lipinski definition) is 1. The van der Waals surface area contributed by atoms with Crippen molar-refractivity contribution in [3.8, 4) is 0 Å². The van der Waals surface area contributed by atoms with Crippen molar-refractivity contribution in [1.29, 1.82) is 0 Å². The molecule has 3 heteroatoms. The molecule has 1 heterocycles. The zero-order valence-corrected chi connectivity index (χ0v) is 8.79. The molecule has 0 fully saturated rings. The third-order valence-electron chi connectivity index (χ3n) is 2.47. The molecular weight excluding hydrogens is 164 g/mol.